The first-order valence-electron chi connectivity index (χ1n) is 4.44. The summed E-state index contributed by atoms with van der Waals surface area (Å²) in [5.41, 5.74) is -0.109. The van der Waals surface area contributed by atoms with Crippen LogP contribution < -0.4 is 5.32 Å². The minimum atomic E-state index is -1.11. The molecule has 7 nitrogen and oxygen atoms in total. The number of hydrogen-bond donors (Lipinski definition) is 2. The van der Waals surface area contributed by atoms with Crippen molar-refractivity contribution in [2.24, 2.45) is 0 Å². The number of aromatic carboxylic acids is 1. The molecule has 0 amide bonds. The molecule has 0 saturated heterocycles. The second-order valence-electron chi connectivity index (χ2n) is 2.93. The zero-order valence-corrected chi connectivity index (χ0v) is 8.12. The number of nitrogens with one attached hydrogen (secondary N) is 1. The van der Waals surface area contributed by atoms with E-state index in [1.807, 2.05) is 0 Å². The number of nitrogens with zero attached hydrogens (tertiary/aromatic N) is 3. The minimum absolute atomic E-state index is 0.109. The summed E-state index contributed by atoms with van der Waals surface area (Å²) in [6, 6.07) is 1.70. The van der Waals surface area contributed by atoms with Crippen molar-refractivity contribution in [1.29, 1.82) is 0 Å². The Morgan fingerprint density at radius 3 is 3.06 bits per heavy atom. The van der Waals surface area contributed by atoms with E-state index in [1.54, 1.807) is 6.07 Å². The lowest BCUT2D eigenvalue weighted by Crippen LogP contribution is -2.06. The van der Waals surface area contributed by atoms with E-state index in [-0.39, 0.29) is 5.69 Å². The van der Waals surface area contributed by atoms with Crippen LogP contribution in [-0.4, -0.2) is 26.2 Å². The molecule has 0 atom stereocenters. The first-order chi connectivity index (χ1) is 7.75. The first-order valence-corrected chi connectivity index (χ1v) is 4.44. The lowest BCUT2D eigenvalue weighted by molar-refractivity contribution is 0.0690. The highest BCUT2D eigenvalue weighted by Crippen LogP contribution is 2.05. The van der Waals surface area contributed by atoms with Crippen molar-refractivity contribution in [3.63, 3.8) is 0 Å². The van der Waals surface area contributed by atoms with Crippen LogP contribution in [0.5, 0.6) is 0 Å². The number of hydrogen-bond acceptors (Lipinski definition) is 6. The van der Waals surface area contributed by atoms with Gasteiger partial charge in [-0.05, 0) is 0 Å². The van der Waals surface area contributed by atoms with E-state index >= 15 is 0 Å². The molecule has 2 N–H and O–H groups in total. The average Bonchev–Trinajstić information content (AvgIpc) is 2.79. The summed E-state index contributed by atoms with van der Waals surface area (Å²) in [5, 5.41) is 15.1. The SMILES string of the molecule is O=C(O)c1cncc(NCc2ccno2)n1. The molecule has 0 bridgehead atoms. The second kappa shape index (κ2) is 4.39. The molecule has 7 heteroatoms. The van der Waals surface area contributed by atoms with Crippen molar-refractivity contribution >= 4 is 11.8 Å². The Balaban J connectivity index is 2.04. The number of rotatable bonds is 4. The smallest absolute Gasteiger partial charge is 0.356 e. The number of carboxylic acid groups (broad SMARTS) is 1. The monoisotopic (exact) mass is 220 g/mol. The van der Waals surface area contributed by atoms with E-state index in [4.69, 9.17) is 9.63 Å². The van der Waals surface area contributed by atoms with E-state index in [0.717, 1.165) is 0 Å². The molecule has 0 aliphatic heterocycles. The van der Waals surface area contributed by atoms with Crippen molar-refractivity contribution in [3.8, 4) is 0 Å². The van der Waals surface area contributed by atoms with Gasteiger partial charge in [-0.3, -0.25) is 4.98 Å². The third kappa shape index (κ3) is 2.32. The van der Waals surface area contributed by atoms with Crippen LogP contribution >= 0.6 is 0 Å². The Hall–Kier alpha value is -2.44. The third-order valence-electron chi connectivity index (χ3n) is 1.79. The number of anilines is 1. The lowest BCUT2D eigenvalue weighted by atomic mass is 10.4. The van der Waals surface area contributed by atoms with Gasteiger partial charge in [0.25, 0.3) is 0 Å². The van der Waals surface area contributed by atoms with Gasteiger partial charge in [-0.25, -0.2) is 9.78 Å². The topological polar surface area (TPSA) is 101 Å². The normalized spacial score (nSPS) is 10.0. The van der Waals surface area contributed by atoms with Gasteiger partial charge >= 0.3 is 5.97 Å². The molecule has 2 aromatic heterocycles. The van der Waals surface area contributed by atoms with Crippen molar-refractivity contribution < 1.29 is 14.4 Å². The van der Waals surface area contributed by atoms with Gasteiger partial charge in [-0.2, -0.15) is 0 Å². The van der Waals surface area contributed by atoms with Crippen LogP contribution in [0.1, 0.15) is 16.2 Å². The Kier molecular flexibility index (Phi) is 2.77. The largest absolute Gasteiger partial charge is 0.476 e. The first kappa shape index (κ1) is 10.1. The highest BCUT2D eigenvalue weighted by molar-refractivity contribution is 5.85. The predicted molar refractivity (Wildman–Crippen MR) is 52.8 cm³/mol. The van der Waals surface area contributed by atoms with E-state index < -0.39 is 5.97 Å². The van der Waals surface area contributed by atoms with Gasteiger partial charge in [0.15, 0.2) is 11.5 Å². The maximum absolute atomic E-state index is 10.6. The highest BCUT2D eigenvalue weighted by Gasteiger charge is 2.06. The van der Waals surface area contributed by atoms with Crippen LogP contribution in [0.15, 0.2) is 29.2 Å². The maximum Gasteiger partial charge on any atom is 0.356 e. The van der Waals surface area contributed by atoms with Gasteiger partial charge < -0.3 is 14.9 Å². The zero-order valence-electron chi connectivity index (χ0n) is 8.12. The van der Waals surface area contributed by atoms with Crippen molar-refractivity contribution in [3.05, 3.63) is 36.1 Å². The summed E-state index contributed by atoms with van der Waals surface area (Å²) in [7, 11) is 0. The van der Waals surface area contributed by atoms with Crippen molar-refractivity contribution in [2.75, 3.05) is 5.32 Å². The molecule has 0 saturated carbocycles. The van der Waals surface area contributed by atoms with E-state index in [0.29, 0.717) is 18.1 Å². The molecule has 16 heavy (non-hydrogen) atoms. The van der Waals surface area contributed by atoms with Crippen molar-refractivity contribution in [2.45, 2.75) is 6.54 Å². The molecule has 0 fully saturated rings. The molecular formula is C9H8N4O3. The predicted octanol–water partition coefficient (Wildman–Crippen LogP) is 0.775. The molecule has 82 valence electrons. The maximum atomic E-state index is 10.6. The standard InChI is InChI=1S/C9H8N4O3/c14-9(15)7-4-10-5-8(13-7)11-3-6-1-2-12-16-6/h1-2,4-5H,3H2,(H,11,13)(H,14,15). The summed E-state index contributed by atoms with van der Waals surface area (Å²) >= 11 is 0. The fourth-order valence-electron chi connectivity index (χ4n) is 1.07. The van der Waals surface area contributed by atoms with Gasteiger partial charge in [0.05, 0.1) is 25.1 Å². The van der Waals surface area contributed by atoms with Crippen molar-refractivity contribution in [1.82, 2.24) is 15.1 Å². The second-order valence-corrected chi connectivity index (χ2v) is 2.93. The van der Waals surface area contributed by atoms with Crippen LogP contribution in [0, 0.1) is 0 Å². The molecular weight excluding hydrogens is 212 g/mol. The Bertz CT molecular complexity index is 483. The number of carboxylic acids is 1. The van der Waals surface area contributed by atoms with Gasteiger partial charge in [0.2, 0.25) is 0 Å². The van der Waals surface area contributed by atoms with Gasteiger partial charge in [-0.15, -0.1) is 0 Å². The minimum Gasteiger partial charge on any atom is -0.476 e. The van der Waals surface area contributed by atoms with Gasteiger partial charge in [0, 0.05) is 6.07 Å². The molecule has 2 rings (SSSR count). The number of aromatic nitrogens is 3. The van der Waals surface area contributed by atoms with Gasteiger partial charge in [-0.1, -0.05) is 5.16 Å². The van der Waals surface area contributed by atoms with Crippen LogP contribution in [0.4, 0.5) is 5.82 Å². The van der Waals surface area contributed by atoms with Gasteiger partial charge in [0.1, 0.15) is 5.82 Å². The fraction of sp³-hybridized carbons (Fsp3) is 0.111. The summed E-state index contributed by atoms with van der Waals surface area (Å²) < 4.78 is 4.86. The van der Waals surface area contributed by atoms with Crippen LogP contribution in [0.3, 0.4) is 0 Å². The average molecular weight is 220 g/mol. The highest BCUT2D eigenvalue weighted by atomic mass is 16.5. The Morgan fingerprint density at radius 2 is 2.38 bits per heavy atom. The summed E-state index contributed by atoms with van der Waals surface area (Å²) in [6.45, 7) is 0.373. The summed E-state index contributed by atoms with van der Waals surface area (Å²) in [4.78, 5) is 18.2. The van der Waals surface area contributed by atoms with E-state index in [2.05, 4.69) is 20.4 Å². The van der Waals surface area contributed by atoms with E-state index in [1.165, 1.54) is 18.6 Å². The fourth-order valence-corrected chi connectivity index (χ4v) is 1.07. The Morgan fingerprint density at radius 1 is 1.50 bits per heavy atom. The molecule has 2 heterocycles. The molecule has 0 unspecified atom stereocenters. The van der Waals surface area contributed by atoms with Crippen LogP contribution in [0.2, 0.25) is 0 Å². The molecule has 2 aromatic rings. The zero-order chi connectivity index (χ0) is 11.4. The molecule has 0 aliphatic carbocycles. The number of carbonyl (C=O) groups is 1. The quantitative estimate of drug-likeness (QED) is 0.784. The molecule has 0 spiro atoms. The van der Waals surface area contributed by atoms with E-state index in [9.17, 15) is 4.79 Å². The lowest BCUT2D eigenvalue weighted by Gasteiger charge is -2.02. The molecule has 0 aliphatic rings. The summed E-state index contributed by atoms with van der Waals surface area (Å²) in [6.07, 6.45) is 4.14. The Labute approximate surface area is 90.1 Å². The third-order valence-corrected chi connectivity index (χ3v) is 1.79. The molecule has 0 radical (unpaired) electrons. The van der Waals surface area contributed by atoms with Crippen LogP contribution in [-0.2, 0) is 6.54 Å². The van der Waals surface area contributed by atoms with Crippen LogP contribution in [0.25, 0.3) is 0 Å². The molecule has 0 aromatic carbocycles. The summed E-state index contributed by atoms with van der Waals surface area (Å²) in [5.74, 6) is -0.116.